The number of hydrogen-bond acceptors (Lipinski definition) is 5. The standard InChI is InChI=1S/C18H21N5O2/c1-14(15-5-3-2-4-6-15)21-17(25)16-11-19-18(20-12-16)23-9-7-22(13-24)8-10-23/h2-6,11-14H,7-10H2,1H3,(H,21,25). The third-order valence-electron chi connectivity index (χ3n) is 4.29. The predicted octanol–water partition coefficient (Wildman–Crippen LogP) is 1.25. The molecule has 0 spiro atoms. The zero-order valence-electron chi connectivity index (χ0n) is 14.1. The minimum absolute atomic E-state index is 0.0928. The number of benzene rings is 1. The predicted molar refractivity (Wildman–Crippen MR) is 94.2 cm³/mol. The molecule has 2 amide bonds. The molecule has 1 aliphatic heterocycles. The quantitative estimate of drug-likeness (QED) is 0.830. The van der Waals surface area contributed by atoms with Crippen molar-refractivity contribution in [1.82, 2.24) is 20.2 Å². The third-order valence-corrected chi connectivity index (χ3v) is 4.29. The summed E-state index contributed by atoms with van der Waals surface area (Å²) >= 11 is 0. The van der Waals surface area contributed by atoms with Crippen LogP contribution in [0.25, 0.3) is 0 Å². The van der Waals surface area contributed by atoms with Gasteiger partial charge in [-0.1, -0.05) is 30.3 Å². The van der Waals surface area contributed by atoms with Crippen LogP contribution in [0.2, 0.25) is 0 Å². The number of hydrogen-bond donors (Lipinski definition) is 1. The lowest BCUT2D eigenvalue weighted by atomic mass is 10.1. The first kappa shape index (κ1) is 16.9. The van der Waals surface area contributed by atoms with Crippen LogP contribution in [0.5, 0.6) is 0 Å². The highest BCUT2D eigenvalue weighted by molar-refractivity contribution is 5.93. The smallest absolute Gasteiger partial charge is 0.254 e. The van der Waals surface area contributed by atoms with Crippen molar-refractivity contribution in [2.45, 2.75) is 13.0 Å². The van der Waals surface area contributed by atoms with Gasteiger partial charge in [-0.25, -0.2) is 9.97 Å². The van der Waals surface area contributed by atoms with E-state index < -0.39 is 0 Å². The fourth-order valence-electron chi connectivity index (χ4n) is 2.73. The number of rotatable bonds is 5. The van der Waals surface area contributed by atoms with Gasteiger partial charge in [0.2, 0.25) is 12.4 Å². The van der Waals surface area contributed by atoms with E-state index in [-0.39, 0.29) is 11.9 Å². The van der Waals surface area contributed by atoms with E-state index in [4.69, 9.17) is 0 Å². The van der Waals surface area contributed by atoms with E-state index in [2.05, 4.69) is 15.3 Å². The van der Waals surface area contributed by atoms with Crippen LogP contribution in [-0.2, 0) is 4.79 Å². The molecule has 1 N–H and O–H groups in total. The molecule has 1 saturated heterocycles. The van der Waals surface area contributed by atoms with Gasteiger partial charge in [-0.05, 0) is 12.5 Å². The molecule has 0 bridgehead atoms. The fraction of sp³-hybridized carbons (Fsp3) is 0.333. The van der Waals surface area contributed by atoms with Crippen LogP contribution in [0, 0.1) is 0 Å². The second-order valence-corrected chi connectivity index (χ2v) is 6.01. The summed E-state index contributed by atoms with van der Waals surface area (Å²) in [5.41, 5.74) is 1.47. The van der Waals surface area contributed by atoms with Crippen LogP contribution >= 0.6 is 0 Å². The van der Waals surface area contributed by atoms with E-state index in [1.54, 1.807) is 17.3 Å². The van der Waals surface area contributed by atoms with Gasteiger partial charge in [-0.15, -0.1) is 0 Å². The first-order valence-electron chi connectivity index (χ1n) is 8.29. The number of carbonyl (C=O) groups excluding carboxylic acids is 2. The highest BCUT2D eigenvalue weighted by Crippen LogP contribution is 2.13. The molecule has 2 aromatic rings. The number of piperazine rings is 1. The zero-order chi connectivity index (χ0) is 17.6. The monoisotopic (exact) mass is 339 g/mol. The second kappa shape index (κ2) is 7.74. The molecular formula is C18H21N5O2. The molecule has 1 aliphatic rings. The van der Waals surface area contributed by atoms with Crippen LogP contribution in [-0.4, -0.2) is 53.4 Å². The highest BCUT2D eigenvalue weighted by atomic mass is 16.1. The van der Waals surface area contributed by atoms with E-state index in [9.17, 15) is 9.59 Å². The number of aromatic nitrogens is 2. The molecule has 1 aromatic carbocycles. The molecular weight excluding hydrogens is 318 g/mol. The van der Waals surface area contributed by atoms with Gasteiger partial charge in [0.15, 0.2) is 0 Å². The average molecular weight is 339 g/mol. The maximum Gasteiger partial charge on any atom is 0.254 e. The molecule has 1 fully saturated rings. The zero-order valence-corrected chi connectivity index (χ0v) is 14.1. The van der Waals surface area contributed by atoms with Crippen LogP contribution in [0.15, 0.2) is 42.7 Å². The average Bonchev–Trinajstić information content (AvgIpc) is 2.69. The minimum Gasteiger partial charge on any atom is -0.345 e. The molecule has 1 unspecified atom stereocenters. The Bertz CT molecular complexity index is 712. The summed E-state index contributed by atoms with van der Waals surface area (Å²) < 4.78 is 0. The van der Waals surface area contributed by atoms with Crippen LogP contribution in [0.3, 0.4) is 0 Å². The van der Waals surface area contributed by atoms with E-state index in [0.29, 0.717) is 37.7 Å². The Morgan fingerprint density at radius 3 is 2.36 bits per heavy atom. The van der Waals surface area contributed by atoms with Crippen LogP contribution in [0.4, 0.5) is 5.95 Å². The molecule has 7 heteroatoms. The van der Waals surface area contributed by atoms with Gasteiger partial charge in [0, 0.05) is 38.6 Å². The molecule has 7 nitrogen and oxygen atoms in total. The summed E-state index contributed by atoms with van der Waals surface area (Å²) in [5, 5.41) is 2.95. The summed E-state index contributed by atoms with van der Waals surface area (Å²) in [6.45, 7) is 4.63. The number of nitrogens with one attached hydrogen (secondary N) is 1. The van der Waals surface area contributed by atoms with Gasteiger partial charge < -0.3 is 15.1 Å². The van der Waals surface area contributed by atoms with E-state index >= 15 is 0 Å². The molecule has 0 radical (unpaired) electrons. The molecule has 3 rings (SSSR count). The molecule has 0 aliphatic carbocycles. The van der Waals surface area contributed by atoms with Gasteiger partial charge in [0.05, 0.1) is 11.6 Å². The summed E-state index contributed by atoms with van der Waals surface area (Å²) in [4.78, 5) is 35.4. The molecule has 25 heavy (non-hydrogen) atoms. The first-order chi connectivity index (χ1) is 12.2. The largest absolute Gasteiger partial charge is 0.345 e. The lowest BCUT2D eigenvalue weighted by Gasteiger charge is -2.32. The lowest BCUT2D eigenvalue weighted by Crippen LogP contribution is -2.46. The van der Waals surface area contributed by atoms with Crippen molar-refractivity contribution in [3.63, 3.8) is 0 Å². The van der Waals surface area contributed by atoms with Crippen LogP contribution in [0.1, 0.15) is 28.9 Å². The first-order valence-corrected chi connectivity index (χ1v) is 8.29. The summed E-state index contributed by atoms with van der Waals surface area (Å²) in [6.07, 6.45) is 3.95. The van der Waals surface area contributed by atoms with Crippen LogP contribution < -0.4 is 10.2 Å². The fourth-order valence-corrected chi connectivity index (χ4v) is 2.73. The van der Waals surface area contributed by atoms with Crippen molar-refractivity contribution < 1.29 is 9.59 Å². The van der Waals surface area contributed by atoms with Gasteiger partial charge in [-0.3, -0.25) is 9.59 Å². The number of carbonyl (C=O) groups is 2. The van der Waals surface area contributed by atoms with Crippen molar-refractivity contribution in [1.29, 1.82) is 0 Å². The van der Waals surface area contributed by atoms with Gasteiger partial charge in [0.1, 0.15) is 0 Å². The number of nitrogens with zero attached hydrogens (tertiary/aromatic N) is 4. The second-order valence-electron chi connectivity index (χ2n) is 6.01. The Balaban J connectivity index is 1.60. The van der Waals surface area contributed by atoms with Crippen molar-refractivity contribution in [2.75, 3.05) is 31.1 Å². The van der Waals surface area contributed by atoms with Crippen molar-refractivity contribution in [3.05, 3.63) is 53.9 Å². The molecule has 0 saturated carbocycles. The molecule has 2 heterocycles. The normalized spacial score (nSPS) is 15.6. The Morgan fingerprint density at radius 2 is 1.76 bits per heavy atom. The molecule has 1 aromatic heterocycles. The van der Waals surface area contributed by atoms with E-state index in [0.717, 1.165) is 12.0 Å². The van der Waals surface area contributed by atoms with Gasteiger partial charge >= 0.3 is 0 Å². The molecule has 130 valence electrons. The Labute approximate surface area is 146 Å². The Hall–Kier alpha value is -2.96. The topological polar surface area (TPSA) is 78.4 Å². The minimum atomic E-state index is -0.200. The Morgan fingerprint density at radius 1 is 1.12 bits per heavy atom. The number of anilines is 1. The SMILES string of the molecule is CC(NC(=O)c1cnc(N2CCN(C=O)CC2)nc1)c1ccccc1. The maximum atomic E-state index is 12.3. The summed E-state index contributed by atoms with van der Waals surface area (Å²) in [5.74, 6) is 0.381. The Kier molecular flexibility index (Phi) is 5.23. The third kappa shape index (κ3) is 4.12. The molecule has 1 atom stereocenters. The lowest BCUT2D eigenvalue weighted by molar-refractivity contribution is -0.118. The van der Waals surface area contributed by atoms with Crippen molar-refractivity contribution >= 4 is 18.3 Å². The van der Waals surface area contributed by atoms with Gasteiger partial charge in [-0.2, -0.15) is 0 Å². The summed E-state index contributed by atoms with van der Waals surface area (Å²) in [6, 6.07) is 9.69. The van der Waals surface area contributed by atoms with E-state index in [1.807, 2.05) is 42.2 Å². The van der Waals surface area contributed by atoms with Crippen molar-refractivity contribution in [2.24, 2.45) is 0 Å². The van der Waals surface area contributed by atoms with E-state index in [1.165, 1.54) is 0 Å². The van der Waals surface area contributed by atoms with Gasteiger partial charge in [0.25, 0.3) is 5.91 Å². The highest BCUT2D eigenvalue weighted by Gasteiger charge is 2.18. The number of amides is 2. The van der Waals surface area contributed by atoms with Crippen molar-refractivity contribution in [3.8, 4) is 0 Å². The maximum absolute atomic E-state index is 12.3. The summed E-state index contributed by atoms with van der Waals surface area (Å²) in [7, 11) is 0.